The van der Waals surface area contributed by atoms with E-state index < -0.39 is 5.82 Å². The van der Waals surface area contributed by atoms with Crippen LogP contribution in [0.3, 0.4) is 0 Å². The predicted molar refractivity (Wildman–Crippen MR) is 110 cm³/mol. The van der Waals surface area contributed by atoms with Crippen LogP contribution in [0.2, 0.25) is 0 Å². The summed E-state index contributed by atoms with van der Waals surface area (Å²) in [6.45, 7) is 1.15. The van der Waals surface area contributed by atoms with Gasteiger partial charge in [0.15, 0.2) is 17.4 Å². The Bertz CT molecular complexity index is 1000. The molecule has 10 heteroatoms. The monoisotopic (exact) mass is 429 g/mol. The van der Waals surface area contributed by atoms with Crippen molar-refractivity contribution in [3.63, 3.8) is 0 Å². The van der Waals surface area contributed by atoms with E-state index in [-0.39, 0.29) is 18.4 Å². The lowest BCUT2D eigenvalue weighted by atomic mass is 10.3. The van der Waals surface area contributed by atoms with E-state index in [4.69, 9.17) is 9.47 Å². The van der Waals surface area contributed by atoms with Crippen molar-refractivity contribution >= 4 is 17.8 Å². The molecule has 0 bridgehead atoms. The van der Waals surface area contributed by atoms with Gasteiger partial charge in [-0.1, -0.05) is 42.1 Å². The number of para-hydroxylation sites is 2. The first-order chi connectivity index (χ1) is 14.7. The molecule has 0 fully saturated rings. The van der Waals surface area contributed by atoms with Gasteiger partial charge in [0.05, 0.1) is 13.1 Å². The Labute approximate surface area is 177 Å². The topological polar surface area (TPSA) is 81.5 Å². The van der Waals surface area contributed by atoms with Gasteiger partial charge in [0, 0.05) is 5.75 Å². The van der Waals surface area contributed by atoms with Crippen LogP contribution in [0.4, 0.5) is 9.18 Å². The van der Waals surface area contributed by atoms with Gasteiger partial charge in [-0.15, -0.1) is 10.2 Å². The van der Waals surface area contributed by atoms with Crippen molar-refractivity contribution in [1.82, 2.24) is 20.2 Å². The van der Waals surface area contributed by atoms with Crippen LogP contribution in [0, 0.1) is 5.82 Å². The van der Waals surface area contributed by atoms with Gasteiger partial charge in [-0.2, -0.15) is 0 Å². The molecule has 0 radical (unpaired) electrons. The molecule has 30 heavy (non-hydrogen) atoms. The second-order valence-corrected chi connectivity index (χ2v) is 7.36. The maximum atomic E-state index is 13.8. The summed E-state index contributed by atoms with van der Waals surface area (Å²) in [6, 6.07) is 15.2. The summed E-state index contributed by atoms with van der Waals surface area (Å²) in [6.07, 6.45) is 0. The fraction of sp³-hybridized carbons (Fsp3) is 0.250. The minimum atomic E-state index is -0.460. The normalized spacial score (nSPS) is 12.9. The first-order valence-corrected chi connectivity index (χ1v) is 10.4. The minimum Gasteiger partial charge on any atom is -0.492 e. The van der Waals surface area contributed by atoms with E-state index in [1.165, 1.54) is 28.9 Å². The quantitative estimate of drug-likeness (QED) is 0.582. The van der Waals surface area contributed by atoms with Crippen molar-refractivity contribution in [3.8, 4) is 11.5 Å². The van der Waals surface area contributed by atoms with E-state index in [0.717, 1.165) is 5.75 Å². The van der Waals surface area contributed by atoms with Crippen LogP contribution < -0.4 is 19.8 Å². The molecule has 4 rings (SSSR count). The predicted octanol–water partition coefficient (Wildman–Crippen LogP) is 2.83. The van der Waals surface area contributed by atoms with Crippen molar-refractivity contribution in [2.24, 2.45) is 0 Å². The van der Waals surface area contributed by atoms with Crippen molar-refractivity contribution in [1.29, 1.82) is 0 Å². The molecule has 0 unspecified atom stereocenters. The number of urea groups is 1. The van der Waals surface area contributed by atoms with Gasteiger partial charge < -0.3 is 14.8 Å². The zero-order valence-corrected chi connectivity index (χ0v) is 16.8. The Kier molecular flexibility index (Phi) is 6.33. The minimum absolute atomic E-state index is 0.0185. The molecule has 0 atom stereocenters. The van der Waals surface area contributed by atoms with E-state index in [1.54, 1.807) is 16.8 Å². The molecule has 156 valence electrons. The molecule has 0 spiro atoms. The largest absolute Gasteiger partial charge is 0.492 e. The number of fused-ring (bicyclic) bond motifs is 1. The number of benzene rings is 2. The average Bonchev–Trinajstić information content (AvgIpc) is 3.20. The van der Waals surface area contributed by atoms with Crippen LogP contribution >= 0.6 is 11.8 Å². The molecule has 2 heterocycles. The molecule has 0 saturated heterocycles. The Hall–Kier alpha value is -3.27. The van der Waals surface area contributed by atoms with E-state index >= 15 is 0 Å². The highest BCUT2D eigenvalue weighted by Gasteiger charge is 2.27. The van der Waals surface area contributed by atoms with Crippen LogP contribution in [-0.2, 0) is 6.61 Å². The number of amides is 2. The molecular formula is C20H20FN5O3S. The van der Waals surface area contributed by atoms with E-state index in [9.17, 15) is 9.18 Å². The summed E-state index contributed by atoms with van der Waals surface area (Å²) in [5, 5.41) is 13.2. The summed E-state index contributed by atoms with van der Waals surface area (Å²) in [5.41, 5.74) is 0. The number of hydrogen-bond acceptors (Lipinski definition) is 6. The van der Waals surface area contributed by atoms with Crippen LogP contribution in [-0.4, -0.2) is 46.4 Å². The molecule has 1 aromatic heterocycles. The smallest absolute Gasteiger partial charge is 0.336 e. The van der Waals surface area contributed by atoms with E-state index in [1.807, 2.05) is 30.3 Å². The number of hydrogen-bond donors (Lipinski definition) is 1. The van der Waals surface area contributed by atoms with Crippen molar-refractivity contribution in [3.05, 3.63) is 66.2 Å². The van der Waals surface area contributed by atoms with Crippen LogP contribution in [0.1, 0.15) is 5.82 Å². The number of carbonyl (C=O) groups is 1. The molecule has 0 aliphatic carbocycles. The highest BCUT2D eigenvalue weighted by Crippen LogP contribution is 2.23. The number of thioether (sulfide) groups is 1. The third kappa shape index (κ3) is 4.65. The van der Waals surface area contributed by atoms with Gasteiger partial charge in [0.25, 0.3) is 0 Å². The van der Waals surface area contributed by atoms with Crippen LogP contribution in [0.15, 0.2) is 59.8 Å². The zero-order chi connectivity index (χ0) is 20.8. The Morgan fingerprint density at radius 2 is 1.90 bits per heavy atom. The molecule has 2 aromatic carbocycles. The summed E-state index contributed by atoms with van der Waals surface area (Å²) >= 11 is 1.49. The number of rotatable bonds is 7. The lowest BCUT2D eigenvalue weighted by Crippen LogP contribution is -2.51. The number of aromatic nitrogens is 3. The number of halogens is 1. The maximum absolute atomic E-state index is 13.8. The molecule has 1 N–H and O–H groups in total. The number of nitrogens with one attached hydrogen (secondary N) is 1. The fourth-order valence-corrected chi connectivity index (χ4v) is 3.74. The summed E-state index contributed by atoms with van der Waals surface area (Å²) < 4.78 is 26.5. The zero-order valence-electron chi connectivity index (χ0n) is 16.0. The molecule has 1 aliphatic heterocycles. The summed E-state index contributed by atoms with van der Waals surface area (Å²) in [5.74, 6) is 1.51. The summed E-state index contributed by atoms with van der Waals surface area (Å²) in [4.78, 5) is 12.7. The van der Waals surface area contributed by atoms with Gasteiger partial charge in [-0.05, 0) is 24.3 Å². The lowest BCUT2D eigenvalue weighted by Gasteiger charge is -2.29. The second-order valence-electron chi connectivity index (χ2n) is 6.29. The first-order valence-electron chi connectivity index (χ1n) is 9.40. The molecule has 8 nitrogen and oxygen atoms in total. The number of nitrogens with zero attached hydrogens (tertiary/aromatic N) is 4. The molecule has 2 amide bonds. The van der Waals surface area contributed by atoms with Crippen molar-refractivity contribution in [2.75, 3.05) is 30.5 Å². The van der Waals surface area contributed by atoms with Gasteiger partial charge in [-0.3, -0.25) is 0 Å². The highest BCUT2D eigenvalue weighted by molar-refractivity contribution is 7.99. The van der Waals surface area contributed by atoms with Crippen molar-refractivity contribution in [2.45, 2.75) is 11.8 Å². The second kappa shape index (κ2) is 9.49. The first kappa shape index (κ1) is 20.0. The Morgan fingerprint density at radius 3 is 2.73 bits per heavy atom. The standard InChI is InChI=1S/C20H20FN5O3S/c21-16-8-4-5-9-17(16)29-14-18-23-24-20-26(18)25(11-13-30-20)19(27)22-10-12-28-15-6-2-1-3-7-15/h1-9H,10-14H2,(H,22,27). The van der Waals surface area contributed by atoms with Gasteiger partial charge in [0.2, 0.25) is 5.16 Å². The lowest BCUT2D eigenvalue weighted by molar-refractivity contribution is 0.232. The van der Waals surface area contributed by atoms with Gasteiger partial charge in [0.1, 0.15) is 19.0 Å². The van der Waals surface area contributed by atoms with E-state index in [2.05, 4.69) is 15.5 Å². The average molecular weight is 429 g/mol. The summed E-state index contributed by atoms with van der Waals surface area (Å²) in [7, 11) is 0. The van der Waals surface area contributed by atoms with Gasteiger partial charge in [-0.25, -0.2) is 18.9 Å². The highest BCUT2D eigenvalue weighted by atomic mass is 32.2. The number of ether oxygens (including phenoxy) is 2. The van der Waals surface area contributed by atoms with E-state index in [0.29, 0.717) is 36.4 Å². The SMILES string of the molecule is O=C(NCCOc1ccccc1)N1CCSc2nnc(COc3ccccc3F)n21. The molecular weight excluding hydrogens is 409 g/mol. The molecule has 3 aromatic rings. The third-order valence-electron chi connectivity index (χ3n) is 4.27. The Balaban J connectivity index is 1.37. The number of carbonyl (C=O) groups excluding carboxylic acids is 1. The van der Waals surface area contributed by atoms with Crippen LogP contribution in [0.25, 0.3) is 0 Å². The fourth-order valence-electron chi connectivity index (χ4n) is 2.87. The molecule has 0 saturated carbocycles. The van der Waals surface area contributed by atoms with Gasteiger partial charge >= 0.3 is 6.03 Å². The molecule has 1 aliphatic rings. The van der Waals surface area contributed by atoms with Crippen LogP contribution in [0.5, 0.6) is 11.5 Å². The third-order valence-corrected chi connectivity index (χ3v) is 5.17. The van der Waals surface area contributed by atoms with Crippen molar-refractivity contribution < 1.29 is 18.7 Å². The Morgan fingerprint density at radius 1 is 1.10 bits per heavy atom. The maximum Gasteiger partial charge on any atom is 0.336 e.